The summed E-state index contributed by atoms with van der Waals surface area (Å²) >= 11 is 0. The first-order chi connectivity index (χ1) is 4.09. The van der Waals surface area contributed by atoms with Crippen LogP contribution in [-0.2, 0) is 4.79 Å². The van der Waals surface area contributed by atoms with E-state index in [1.54, 1.807) is 0 Å². The van der Waals surface area contributed by atoms with Gasteiger partial charge in [-0.2, -0.15) is 0 Å². The molecule has 0 rings (SSSR count). The van der Waals surface area contributed by atoms with Crippen LogP contribution in [0.4, 0.5) is 0 Å². The lowest BCUT2D eigenvalue weighted by Gasteiger charge is -2.09. The van der Waals surface area contributed by atoms with Gasteiger partial charge in [0.15, 0.2) is 5.78 Å². The average Bonchev–Trinajstić information content (AvgIpc) is 1.84. The maximum absolute atomic E-state index is 10.4. The Morgan fingerprint density at radius 3 is 2.22 bits per heavy atom. The Hall–Kier alpha value is -0.450. The third-order valence-electron chi connectivity index (χ3n) is 0.988. The van der Waals surface area contributed by atoms with Crippen molar-refractivity contribution in [1.82, 2.24) is 0 Å². The molecule has 2 atom stereocenters. The third kappa shape index (κ3) is 2.55. The second-order valence-electron chi connectivity index (χ2n) is 1.86. The van der Waals surface area contributed by atoms with Crippen LogP contribution in [0.25, 0.3) is 0 Å². The number of ketones is 1. The topological polar surface area (TPSA) is 83.5 Å². The summed E-state index contributed by atoms with van der Waals surface area (Å²) in [6.07, 6.45) is -2.35. The van der Waals surface area contributed by atoms with Gasteiger partial charge in [-0.25, -0.2) is 0 Å². The Kier molecular flexibility index (Phi) is 3.37. The van der Waals surface area contributed by atoms with Gasteiger partial charge in [-0.05, 0) is 6.92 Å². The molecule has 0 saturated carbocycles. The van der Waals surface area contributed by atoms with Crippen molar-refractivity contribution in [3.8, 4) is 0 Å². The highest BCUT2D eigenvalue weighted by Gasteiger charge is 2.17. The van der Waals surface area contributed by atoms with E-state index in [1.807, 2.05) is 0 Å². The minimum Gasteiger partial charge on any atom is -0.390 e. The van der Waals surface area contributed by atoms with E-state index in [9.17, 15) is 4.79 Å². The zero-order chi connectivity index (χ0) is 7.44. The number of aliphatic hydroxyl groups is 2. The Bertz CT molecular complexity index is 102. The number of hydrogen-bond donors (Lipinski definition) is 3. The molecule has 0 aliphatic heterocycles. The van der Waals surface area contributed by atoms with E-state index in [0.717, 1.165) is 0 Å². The molecule has 4 N–H and O–H groups in total. The molecule has 0 saturated heterocycles. The van der Waals surface area contributed by atoms with Crippen LogP contribution in [0.15, 0.2) is 0 Å². The van der Waals surface area contributed by atoms with Gasteiger partial charge in [0.05, 0.1) is 12.6 Å². The summed E-state index contributed by atoms with van der Waals surface area (Å²) in [7, 11) is 0. The van der Waals surface area contributed by atoms with Crippen molar-refractivity contribution in [1.29, 1.82) is 0 Å². The number of rotatable bonds is 3. The highest BCUT2D eigenvalue weighted by molar-refractivity contribution is 5.84. The van der Waals surface area contributed by atoms with Crippen molar-refractivity contribution < 1.29 is 15.0 Å². The quantitative estimate of drug-likeness (QED) is 0.426. The monoisotopic (exact) mass is 133 g/mol. The molecule has 0 aromatic heterocycles. The SMILES string of the molecule is CC(O)[C@H](O)C(=O)CN. The van der Waals surface area contributed by atoms with Crippen LogP contribution >= 0.6 is 0 Å². The number of carbonyl (C=O) groups excluding carboxylic acids is 1. The summed E-state index contributed by atoms with van der Waals surface area (Å²) in [5.74, 6) is -0.537. The van der Waals surface area contributed by atoms with Crippen molar-refractivity contribution in [2.24, 2.45) is 5.73 Å². The zero-order valence-corrected chi connectivity index (χ0v) is 5.24. The number of Topliss-reactive ketones (excluding diaryl/α,β-unsaturated/α-hetero) is 1. The number of aliphatic hydroxyl groups excluding tert-OH is 2. The molecule has 0 aromatic carbocycles. The predicted molar refractivity (Wildman–Crippen MR) is 31.7 cm³/mol. The molecule has 54 valence electrons. The predicted octanol–water partition coefficient (Wildman–Crippen LogP) is -1.74. The Morgan fingerprint density at radius 2 is 2.11 bits per heavy atom. The summed E-state index contributed by atoms with van der Waals surface area (Å²) in [6, 6.07) is 0. The molecule has 0 heterocycles. The van der Waals surface area contributed by atoms with E-state index >= 15 is 0 Å². The molecule has 0 spiro atoms. The second-order valence-corrected chi connectivity index (χ2v) is 1.86. The van der Waals surface area contributed by atoms with Gasteiger partial charge in [0, 0.05) is 0 Å². The summed E-state index contributed by atoms with van der Waals surface area (Å²) in [5, 5.41) is 17.3. The van der Waals surface area contributed by atoms with Crippen LogP contribution in [0, 0.1) is 0 Å². The highest BCUT2D eigenvalue weighted by Crippen LogP contribution is 1.91. The first kappa shape index (κ1) is 8.55. The summed E-state index contributed by atoms with van der Waals surface area (Å²) in [6.45, 7) is 1.10. The van der Waals surface area contributed by atoms with Crippen molar-refractivity contribution in [2.45, 2.75) is 19.1 Å². The number of carbonyl (C=O) groups is 1. The minimum absolute atomic E-state index is 0.230. The standard InChI is InChI=1S/C5H11NO3/c1-3(7)5(9)4(8)2-6/h3,5,7,9H,2,6H2,1H3/t3?,5-/m0/s1. The van der Waals surface area contributed by atoms with E-state index in [0.29, 0.717) is 0 Å². The molecule has 0 amide bonds. The molecule has 0 bridgehead atoms. The molecular weight excluding hydrogens is 122 g/mol. The Labute approximate surface area is 53.3 Å². The molecule has 4 heteroatoms. The van der Waals surface area contributed by atoms with E-state index in [2.05, 4.69) is 0 Å². The van der Waals surface area contributed by atoms with Gasteiger partial charge in [0.25, 0.3) is 0 Å². The maximum atomic E-state index is 10.4. The molecule has 0 aromatic rings. The zero-order valence-electron chi connectivity index (χ0n) is 5.24. The summed E-state index contributed by atoms with van der Waals surface area (Å²) in [4.78, 5) is 10.4. The lowest BCUT2D eigenvalue weighted by Crippen LogP contribution is -2.35. The Balaban J connectivity index is 3.72. The molecule has 0 fully saturated rings. The van der Waals surface area contributed by atoms with Crippen LogP contribution in [0.1, 0.15) is 6.92 Å². The normalized spacial score (nSPS) is 16.9. The molecule has 0 aliphatic carbocycles. The van der Waals surface area contributed by atoms with Crippen LogP contribution < -0.4 is 5.73 Å². The first-order valence-electron chi connectivity index (χ1n) is 2.68. The molecular formula is C5H11NO3. The fraction of sp³-hybridized carbons (Fsp3) is 0.800. The van der Waals surface area contributed by atoms with Gasteiger partial charge < -0.3 is 15.9 Å². The second kappa shape index (κ2) is 3.55. The van der Waals surface area contributed by atoms with Gasteiger partial charge in [0.2, 0.25) is 0 Å². The highest BCUT2D eigenvalue weighted by atomic mass is 16.3. The number of nitrogens with two attached hydrogens (primary N) is 1. The number of hydrogen-bond acceptors (Lipinski definition) is 4. The van der Waals surface area contributed by atoms with Gasteiger partial charge in [-0.15, -0.1) is 0 Å². The Morgan fingerprint density at radius 1 is 1.67 bits per heavy atom. The van der Waals surface area contributed by atoms with Gasteiger partial charge in [0.1, 0.15) is 6.10 Å². The van der Waals surface area contributed by atoms with E-state index in [1.165, 1.54) is 6.92 Å². The molecule has 1 unspecified atom stereocenters. The van der Waals surface area contributed by atoms with E-state index < -0.39 is 18.0 Å². The van der Waals surface area contributed by atoms with E-state index in [4.69, 9.17) is 15.9 Å². The molecule has 9 heavy (non-hydrogen) atoms. The van der Waals surface area contributed by atoms with Crippen molar-refractivity contribution in [3.63, 3.8) is 0 Å². The van der Waals surface area contributed by atoms with Crippen molar-refractivity contribution in [3.05, 3.63) is 0 Å². The summed E-state index contributed by atoms with van der Waals surface area (Å²) in [5.41, 5.74) is 4.89. The van der Waals surface area contributed by atoms with Gasteiger partial charge in [-0.1, -0.05) is 0 Å². The van der Waals surface area contributed by atoms with Crippen LogP contribution in [0.5, 0.6) is 0 Å². The van der Waals surface area contributed by atoms with Crippen molar-refractivity contribution >= 4 is 5.78 Å². The van der Waals surface area contributed by atoms with Crippen LogP contribution in [0.2, 0.25) is 0 Å². The fourth-order valence-electron chi connectivity index (χ4n) is 0.390. The average molecular weight is 133 g/mol. The van der Waals surface area contributed by atoms with Crippen LogP contribution in [-0.4, -0.2) is 34.7 Å². The van der Waals surface area contributed by atoms with Crippen LogP contribution in [0.3, 0.4) is 0 Å². The van der Waals surface area contributed by atoms with Crippen molar-refractivity contribution in [2.75, 3.05) is 6.54 Å². The fourth-order valence-corrected chi connectivity index (χ4v) is 0.390. The molecule has 0 aliphatic rings. The maximum Gasteiger partial charge on any atom is 0.177 e. The van der Waals surface area contributed by atoms with Gasteiger partial charge in [-0.3, -0.25) is 4.79 Å². The third-order valence-corrected chi connectivity index (χ3v) is 0.988. The molecule has 4 nitrogen and oxygen atoms in total. The summed E-state index contributed by atoms with van der Waals surface area (Å²) < 4.78 is 0. The largest absolute Gasteiger partial charge is 0.390 e. The lowest BCUT2D eigenvalue weighted by atomic mass is 10.1. The minimum atomic E-state index is -1.32. The molecule has 0 radical (unpaired) electrons. The first-order valence-corrected chi connectivity index (χ1v) is 2.68. The van der Waals surface area contributed by atoms with E-state index in [-0.39, 0.29) is 6.54 Å². The lowest BCUT2D eigenvalue weighted by molar-refractivity contribution is -0.130. The smallest absolute Gasteiger partial charge is 0.177 e. The van der Waals surface area contributed by atoms with Gasteiger partial charge >= 0.3 is 0 Å².